The Labute approximate surface area is 167 Å². The zero-order valence-electron chi connectivity index (χ0n) is 16.5. The first-order valence-corrected chi connectivity index (χ1v) is 11.0. The van der Waals surface area contributed by atoms with E-state index in [1.165, 1.54) is 0 Å². The highest BCUT2D eigenvalue weighted by molar-refractivity contribution is 7.93. The van der Waals surface area contributed by atoms with Crippen LogP contribution in [-0.2, 0) is 21.2 Å². The first-order chi connectivity index (χ1) is 13.2. The first-order valence-electron chi connectivity index (χ1n) is 9.51. The third-order valence-electron chi connectivity index (χ3n) is 5.97. The molecule has 3 atom stereocenters. The van der Waals surface area contributed by atoms with Crippen molar-refractivity contribution in [1.29, 1.82) is 0 Å². The first kappa shape index (κ1) is 20.8. The van der Waals surface area contributed by atoms with Crippen molar-refractivity contribution >= 4 is 9.84 Å². The summed E-state index contributed by atoms with van der Waals surface area (Å²) in [6.45, 7) is 7.99. The summed E-state index contributed by atoms with van der Waals surface area (Å²) in [5.74, 6) is -0.605. The number of ether oxygens (including phenoxy) is 1. The maximum atomic E-state index is 13.7. The van der Waals surface area contributed by atoms with Crippen molar-refractivity contribution in [3.63, 3.8) is 0 Å². The molecule has 1 aliphatic carbocycles. The molecule has 1 saturated carbocycles. The summed E-state index contributed by atoms with van der Waals surface area (Å²) in [4.78, 5) is 0.253. The predicted octanol–water partition coefficient (Wildman–Crippen LogP) is 4.15. The molecular weight excluding hydrogens is 372 g/mol. The van der Waals surface area contributed by atoms with Gasteiger partial charge < -0.3 is 9.84 Å². The van der Waals surface area contributed by atoms with Gasteiger partial charge in [-0.05, 0) is 44.4 Å². The van der Waals surface area contributed by atoms with Crippen LogP contribution in [0.5, 0.6) is 0 Å². The molecule has 0 spiro atoms. The molecule has 5 heteroatoms. The predicted molar refractivity (Wildman–Crippen MR) is 111 cm³/mol. The van der Waals surface area contributed by atoms with E-state index < -0.39 is 26.1 Å². The zero-order valence-corrected chi connectivity index (χ0v) is 17.3. The second kappa shape index (κ2) is 7.82. The molecule has 0 saturated heterocycles. The summed E-state index contributed by atoms with van der Waals surface area (Å²) in [5, 5.41) is 11.1. The van der Waals surface area contributed by atoms with E-state index in [-0.39, 0.29) is 11.5 Å². The molecule has 0 radical (unpaired) electrons. The summed E-state index contributed by atoms with van der Waals surface area (Å²) in [6, 6.07) is 18.1. The molecule has 1 aliphatic rings. The molecule has 0 heterocycles. The van der Waals surface area contributed by atoms with Gasteiger partial charge in [0, 0.05) is 5.92 Å². The molecule has 0 aliphatic heterocycles. The molecule has 1 unspecified atom stereocenters. The number of rotatable bonds is 7. The SMILES string of the molecule is C=C(C)[C@@]1(S(=O)(=O)c2ccccc2)CC[C@@](C)(O)C1COCc1ccccc1. The van der Waals surface area contributed by atoms with Gasteiger partial charge in [0.25, 0.3) is 0 Å². The van der Waals surface area contributed by atoms with Crippen LogP contribution in [-0.4, -0.2) is 30.5 Å². The Balaban J connectivity index is 1.95. The lowest BCUT2D eigenvalue weighted by Crippen LogP contribution is -2.50. The molecule has 0 amide bonds. The molecule has 2 aromatic rings. The highest BCUT2D eigenvalue weighted by Crippen LogP contribution is 2.53. The Bertz CT molecular complexity index is 920. The van der Waals surface area contributed by atoms with Crippen LogP contribution < -0.4 is 0 Å². The van der Waals surface area contributed by atoms with E-state index in [4.69, 9.17) is 4.74 Å². The van der Waals surface area contributed by atoms with Crippen molar-refractivity contribution < 1.29 is 18.3 Å². The Kier molecular flexibility index (Phi) is 5.80. The Morgan fingerprint density at radius 2 is 1.68 bits per heavy atom. The molecule has 0 bridgehead atoms. The van der Waals surface area contributed by atoms with E-state index >= 15 is 0 Å². The molecule has 1 fully saturated rings. The quantitative estimate of drug-likeness (QED) is 0.709. The second-order valence-electron chi connectivity index (χ2n) is 7.90. The van der Waals surface area contributed by atoms with Crippen LogP contribution in [0.4, 0.5) is 0 Å². The van der Waals surface area contributed by atoms with Crippen LogP contribution in [0, 0.1) is 5.92 Å². The summed E-state index contributed by atoms with van der Waals surface area (Å²) in [7, 11) is -3.75. The number of hydrogen-bond acceptors (Lipinski definition) is 4. The van der Waals surface area contributed by atoms with Crippen LogP contribution in [0.1, 0.15) is 32.3 Å². The summed E-state index contributed by atoms with van der Waals surface area (Å²) in [5.41, 5.74) is 0.395. The van der Waals surface area contributed by atoms with Gasteiger partial charge in [-0.2, -0.15) is 0 Å². The van der Waals surface area contributed by atoms with Crippen molar-refractivity contribution in [2.24, 2.45) is 5.92 Å². The molecule has 2 aromatic carbocycles. The Hall–Kier alpha value is -1.95. The fourth-order valence-corrected chi connectivity index (χ4v) is 6.81. The standard InChI is InChI=1S/C23H28O4S/c1-18(2)23(28(25,26)20-12-8-5-9-13-20)15-14-22(3,24)21(23)17-27-16-19-10-6-4-7-11-19/h4-13,21,24H,1,14-17H2,2-3H3/t21?,22-,23+/m1/s1. The van der Waals surface area contributed by atoms with Crippen LogP contribution in [0.15, 0.2) is 77.7 Å². The summed E-state index contributed by atoms with van der Waals surface area (Å²) >= 11 is 0. The highest BCUT2D eigenvalue weighted by atomic mass is 32.2. The summed E-state index contributed by atoms with van der Waals surface area (Å²) in [6.07, 6.45) is 0.706. The van der Waals surface area contributed by atoms with Crippen LogP contribution in [0.3, 0.4) is 0 Å². The van der Waals surface area contributed by atoms with Gasteiger partial charge in [0.15, 0.2) is 9.84 Å². The number of sulfone groups is 1. The molecule has 28 heavy (non-hydrogen) atoms. The second-order valence-corrected chi connectivity index (χ2v) is 10.1. The molecule has 150 valence electrons. The topological polar surface area (TPSA) is 63.6 Å². The maximum absolute atomic E-state index is 13.7. The van der Waals surface area contributed by atoms with E-state index in [0.29, 0.717) is 25.0 Å². The van der Waals surface area contributed by atoms with Crippen molar-refractivity contribution in [2.45, 2.75) is 48.5 Å². The van der Waals surface area contributed by atoms with E-state index in [1.54, 1.807) is 44.2 Å². The van der Waals surface area contributed by atoms with Gasteiger partial charge in [0.05, 0.1) is 23.7 Å². The van der Waals surface area contributed by atoms with Gasteiger partial charge in [-0.3, -0.25) is 0 Å². The fourth-order valence-electron chi connectivity index (χ4n) is 4.34. The monoisotopic (exact) mass is 400 g/mol. The van der Waals surface area contributed by atoms with Crippen molar-refractivity contribution in [2.75, 3.05) is 6.61 Å². The molecule has 0 aromatic heterocycles. The Morgan fingerprint density at radius 3 is 2.25 bits per heavy atom. The maximum Gasteiger partial charge on any atom is 0.188 e. The van der Waals surface area contributed by atoms with Crippen molar-refractivity contribution in [3.05, 3.63) is 78.4 Å². The number of benzene rings is 2. The molecule has 4 nitrogen and oxygen atoms in total. The lowest BCUT2D eigenvalue weighted by molar-refractivity contribution is -0.0314. The van der Waals surface area contributed by atoms with Gasteiger partial charge in [0.2, 0.25) is 0 Å². The molecule has 1 N–H and O–H groups in total. The van der Waals surface area contributed by atoms with Gasteiger partial charge in [-0.1, -0.05) is 60.7 Å². The van der Waals surface area contributed by atoms with E-state index in [0.717, 1.165) is 5.56 Å². The average molecular weight is 401 g/mol. The minimum atomic E-state index is -3.75. The van der Waals surface area contributed by atoms with Crippen LogP contribution in [0.2, 0.25) is 0 Å². The lowest BCUT2D eigenvalue weighted by Gasteiger charge is -2.39. The minimum absolute atomic E-state index is 0.140. The smallest absolute Gasteiger partial charge is 0.188 e. The van der Waals surface area contributed by atoms with Crippen molar-refractivity contribution in [1.82, 2.24) is 0 Å². The normalized spacial score (nSPS) is 27.6. The number of hydrogen-bond donors (Lipinski definition) is 1. The minimum Gasteiger partial charge on any atom is -0.390 e. The van der Waals surface area contributed by atoms with Gasteiger partial charge >= 0.3 is 0 Å². The fraction of sp³-hybridized carbons (Fsp3) is 0.391. The van der Waals surface area contributed by atoms with Crippen LogP contribution in [0.25, 0.3) is 0 Å². The van der Waals surface area contributed by atoms with Crippen LogP contribution >= 0.6 is 0 Å². The third kappa shape index (κ3) is 3.54. The lowest BCUT2D eigenvalue weighted by atomic mass is 9.83. The number of aliphatic hydroxyl groups is 1. The van der Waals surface area contributed by atoms with Gasteiger partial charge in [0.1, 0.15) is 4.75 Å². The van der Waals surface area contributed by atoms with E-state index in [1.807, 2.05) is 30.3 Å². The third-order valence-corrected chi connectivity index (χ3v) is 8.66. The average Bonchev–Trinajstić information content (AvgIpc) is 2.96. The van der Waals surface area contributed by atoms with Crippen molar-refractivity contribution in [3.8, 4) is 0 Å². The highest BCUT2D eigenvalue weighted by Gasteiger charge is 2.61. The molecule has 3 rings (SSSR count). The van der Waals surface area contributed by atoms with Gasteiger partial charge in [-0.15, -0.1) is 0 Å². The van der Waals surface area contributed by atoms with E-state index in [9.17, 15) is 13.5 Å². The zero-order chi connectivity index (χ0) is 20.4. The van der Waals surface area contributed by atoms with Gasteiger partial charge in [-0.25, -0.2) is 8.42 Å². The Morgan fingerprint density at radius 1 is 1.11 bits per heavy atom. The van der Waals surface area contributed by atoms with E-state index in [2.05, 4.69) is 6.58 Å². The molecular formula is C23H28O4S. The summed E-state index contributed by atoms with van der Waals surface area (Å²) < 4.78 is 32.1. The largest absolute Gasteiger partial charge is 0.390 e.